The number of hydrogen-bond donors (Lipinski definition) is 2. The number of unbranched alkanes of at least 4 members (excludes halogenated alkanes) is 35. The van der Waals surface area contributed by atoms with Crippen molar-refractivity contribution in [2.24, 2.45) is 0 Å². The molecule has 0 radical (unpaired) electrons. The molecule has 11 nitrogen and oxygen atoms in total. The molecule has 3 atom stereocenters. The van der Waals surface area contributed by atoms with E-state index in [0.29, 0.717) is 19.3 Å². The summed E-state index contributed by atoms with van der Waals surface area (Å²) in [5, 5.41) is 9.86. The summed E-state index contributed by atoms with van der Waals surface area (Å²) < 4.78 is 39.7. The minimum atomic E-state index is -4.76. The van der Waals surface area contributed by atoms with Gasteiger partial charge in [0, 0.05) is 19.3 Å². The van der Waals surface area contributed by atoms with Gasteiger partial charge in [-0.25, -0.2) is 4.57 Å². The molecule has 0 saturated heterocycles. The number of aliphatic hydroxyl groups is 1. The number of aliphatic hydroxyl groups excluding tert-OH is 1. The van der Waals surface area contributed by atoms with E-state index in [9.17, 15) is 28.9 Å². The van der Waals surface area contributed by atoms with Crippen LogP contribution < -0.4 is 0 Å². The Morgan fingerprint density at radius 2 is 0.650 bits per heavy atom. The molecule has 2 N–H and O–H groups in total. The highest BCUT2D eigenvalue weighted by Gasteiger charge is 2.28. The van der Waals surface area contributed by atoms with Gasteiger partial charge in [0.25, 0.3) is 0 Å². The van der Waals surface area contributed by atoms with Crippen molar-refractivity contribution >= 4 is 25.7 Å². The van der Waals surface area contributed by atoms with Crippen LogP contribution in [0.4, 0.5) is 0 Å². The summed E-state index contributed by atoms with van der Waals surface area (Å²) in [6.45, 7) is 4.56. The molecule has 0 saturated carbocycles. The van der Waals surface area contributed by atoms with Crippen molar-refractivity contribution < 1.29 is 52.2 Å². The van der Waals surface area contributed by atoms with E-state index in [-0.39, 0.29) is 25.9 Å². The Kier molecular flexibility index (Phi) is 60.0. The van der Waals surface area contributed by atoms with Gasteiger partial charge >= 0.3 is 25.7 Å². The van der Waals surface area contributed by atoms with E-state index in [1.54, 1.807) is 0 Å². The predicted molar refractivity (Wildman–Crippen MR) is 335 cm³/mol. The molecule has 12 heteroatoms. The summed E-state index contributed by atoms with van der Waals surface area (Å²) in [5.74, 6) is -1.46. The van der Waals surface area contributed by atoms with Gasteiger partial charge in [0.15, 0.2) is 6.10 Å². The lowest BCUT2D eigenvalue weighted by molar-refractivity contribution is -0.161. The highest BCUT2D eigenvalue weighted by molar-refractivity contribution is 7.47. The lowest BCUT2D eigenvalue weighted by Gasteiger charge is -2.21. The van der Waals surface area contributed by atoms with Crippen molar-refractivity contribution in [2.75, 3.05) is 26.4 Å². The number of phosphoric ester groups is 1. The largest absolute Gasteiger partial charge is 0.472 e. The number of esters is 3. The molecule has 0 aromatic heterocycles. The molecular weight excluding hydrogens is 1020 g/mol. The number of hydrogen-bond acceptors (Lipinski definition) is 10. The first kappa shape index (κ1) is 77.2. The fraction of sp³-hybridized carbons (Fsp3) is 0.809. The third-order valence-corrected chi connectivity index (χ3v) is 15.4. The first-order valence-corrected chi connectivity index (χ1v) is 34.7. The Bertz CT molecular complexity index is 1570. The SMILES string of the molecule is CC/C=C\C/C=C\C/C=C\CCCCCCCCCC(=O)OCC(COP(=O)(O)OCC(CO)OC(=O)CCCCCCCCC/C=C\C/C=C\CCCCC)OC(=O)CCCCCCCCCCCCCCCCCCCCC. The first-order valence-electron chi connectivity index (χ1n) is 33.2. The van der Waals surface area contributed by atoms with Gasteiger partial charge < -0.3 is 24.2 Å². The van der Waals surface area contributed by atoms with E-state index in [1.165, 1.54) is 148 Å². The molecule has 0 aliphatic heterocycles. The van der Waals surface area contributed by atoms with Crippen molar-refractivity contribution in [3.63, 3.8) is 0 Å². The van der Waals surface area contributed by atoms with E-state index in [2.05, 4.69) is 81.5 Å². The van der Waals surface area contributed by atoms with Gasteiger partial charge in [-0.05, 0) is 83.5 Å². The lowest BCUT2D eigenvalue weighted by Crippen LogP contribution is -2.30. The van der Waals surface area contributed by atoms with Crippen LogP contribution in [0.3, 0.4) is 0 Å². The summed E-state index contributed by atoms with van der Waals surface area (Å²) in [6, 6.07) is 0. The molecule has 0 aromatic rings. The normalized spacial score (nSPS) is 13.6. The second-order valence-electron chi connectivity index (χ2n) is 22.3. The molecule has 0 aliphatic rings. The Morgan fingerprint density at radius 3 is 1.02 bits per heavy atom. The minimum Gasteiger partial charge on any atom is -0.462 e. The predicted octanol–water partition coefficient (Wildman–Crippen LogP) is 20.3. The Morgan fingerprint density at radius 1 is 0.362 bits per heavy atom. The zero-order valence-corrected chi connectivity index (χ0v) is 52.7. The van der Waals surface area contributed by atoms with Crippen LogP contribution in [-0.4, -0.2) is 66.5 Å². The van der Waals surface area contributed by atoms with Gasteiger partial charge in [-0.3, -0.25) is 23.4 Å². The molecule has 0 aliphatic carbocycles. The first-order chi connectivity index (χ1) is 39.2. The van der Waals surface area contributed by atoms with E-state index in [4.69, 9.17) is 23.3 Å². The molecule has 0 amide bonds. The molecule has 0 heterocycles. The fourth-order valence-electron chi connectivity index (χ4n) is 9.40. The van der Waals surface area contributed by atoms with E-state index in [0.717, 1.165) is 109 Å². The molecule has 0 aromatic carbocycles. The standard InChI is InChI=1S/C68H123O11P/c1-4-7-10-13-16-19-22-25-28-31-32-35-38-41-44-47-50-53-56-59-68(72)79-65(61-75-66(70)57-54-51-48-45-42-39-36-33-29-26-23-20-17-14-11-8-5-2)63-77-80(73,74)76-62-64(60-69)78-67(71)58-55-52-49-46-43-40-37-34-30-27-24-21-18-15-12-9-6-3/h8,11,17-18,20-21,26-27,29-30,64-65,69H,4-7,9-10,12-16,19,22-25,28,31-63H2,1-3H3,(H,73,74)/b11-8-,20-17-,21-18-,29-26-,30-27-. The zero-order chi connectivity index (χ0) is 58.3. The van der Waals surface area contributed by atoms with Crippen molar-refractivity contribution in [3.8, 4) is 0 Å². The van der Waals surface area contributed by atoms with Crippen LogP contribution >= 0.6 is 7.82 Å². The quantitative estimate of drug-likeness (QED) is 0.0197. The van der Waals surface area contributed by atoms with Gasteiger partial charge in [-0.15, -0.1) is 0 Å². The number of rotatable bonds is 62. The van der Waals surface area contributed by atoms with Crippen LogP contribution in [0.2, 0.25) is 0 Å². The van der Waals surface area contributed by atoms with E-state index >= 15 is 0 Å². The number of allylic oxidation sites excluding steroid dienone is 10. The van der Waals surface area contributed by atoms with E-state index in [1.807, 2.05) is 0 Å². The number of carbonyl (C=O) groups excluding carboxylic acids is 3. The number of ether oxygens (including phenoxy) is 3. The van der Waals surface area contributed by atoms with Gasteiger partial charge in [0.2, 0.25) is 0 Å². The Labute approximate surface area is 491 Å². The highest BCUT2D eigenvalue weighted by Crippen LogP contribution is 2.43. The van der Waals surface area contributed by atoms with Crippen LogP contribution in [0.25, 0.3) is 0 Å². The topological polar surface area (TPSA) is 155 Å². The van der Waals surface area contributed by atoms with Crippen LogP contribution in [0.5, 0.6) is 0 Å². The maximum Gasteiger partial charge on any atom is 0.472 e. The van der Waals surface area contributed by atoms with E-state index < -0.39 is 57.8 Å². The highest BCUT2D eigenvalue weighted by atomic mass is 31.2. The second-order valence-corrected chi connectivity index (χ2v) is 23.7. The third-order valence-electron chi connectivity index (χ3n) is 14.4. The van der Waals surface area contributed by atoms with Gasteiger partial charge in [-0.2, -0.15) is 0 Å². The smallest absolute Gasteiger partial charge is 0.462 e. The lowest BCUT2D eigenvalue weighted by atomic mass is 10.0. The van der Waals surface area contributed by atoms with Crippen molar-refractivity contribution in [1.29, 1.82) is 0 Å². The molecular formula is C68H123O11P. The van der Waals surface area contributed by atoms with Crippen molar-refractivity contribution in [1.82, 2.24) is 0 Å². The summed E-state index contributed by atoms with van der Waals surface area (Å²) in [7, 11) is -4.76. The summed E-state index contributed by atoms with van der Waals surface area (Å²) in [5.41, 5.74) is 0. The van der Waals surface area contributed by atoms with Gasteiger partial charge in [-0.1, -0.05) is 274 Å². The molecule has 0 bridgehead atoms. The average Bonchev–Trinajstić information content (AvgIpc) is 3.45. The molecule has 0 spiro atoms. The van der Waals surface area contributed by atoms with Crippen molar-refractivity contribution in [2.45, 2.75) is 328 Å². The van der Waals surface area contributed by atoms with Gasteiger partial charge in [0.05, 0.1) is 19.8 Å². The third kappa shape index (κ3) is 59.8. The van der Waals surface area contributed by atoms with Crippen LogP contribution in [0.15, 0.2) is 60.8 Å². The molecule has 466 valence electrons. The number of carbonyl (C=O) groups is 3. The van der Waals surface area contributed by atoms with Crippen LogP contribution in [0, 0.1) is 0 Å². The zero-order valence-electron chi connectivity index (χ0n) is 51.8. The molecule has 3 unspecified atom stereocenters. The Hall–Kier alpha value is -2.82. The van der Waals surface area contributed by atoms with Gasteiger partial charge in [0.1, 0.15) is 12.7 Å². The maximum atomic E-state index is 13.0. The second kappa shape index (κ2) is 62.2. The molecule has 0 fully saturated rings. The van der Waals surface area contributed by atoms with Crippen molar-refractivity contribution in [3.05, 3.63) is 60.8 Å². The molecule has 80 heavy (non-hydrogen) atoms. The molecule has 0 rings (SSSR count). The minimum absolute atomic E-state index is 0.168. The fourth-order valence-corrected chi connectivity index (χ4v) is 10.2. The summed E-state index contributed by atoms with van der Waals surface area (Å²) in [6.07, 6.45) is 70.2. The Balaban J connectivity index is 4.68. The van der Waals surface area contributed by atoms with Crippen LogP contribution in [-0.2, 0) is 42.2 Å². The number of phosphoric acid groups is 1. The van der Waals surface area contributed by atoms with Crippen LogP contribution in [0.1, 0.15) is 316 Å². The maximum absolute atomic E-state index is 13.0. The summed E-state index contributed by atoms with van der Waals surface area (Å²) in [4.78, 5) is 48.8. The average molecular weight is 1150 g/mol. The monoisotopic (exact) mass is 1150 g/mol. The summed E-state index contributed by atoms with van der Waals surface area (Å²) >= 11 is 0.